The van der Waals surface area contributed by atoms with Gasteiger partial charge >= 0.3 is 0 Å². The molecule has 2 aromatic carbocycles. The number of amides is 2. The lowest BCUT2D eigenvalue weighted by Crippen LogP contribution is -2.53. The molecular formula is C22H26N2O4. The third kappa shape index (κ3) is 4.44. The van der Waals surface area contributed by atoms with E-state index in [1.54, 1.807) is 25.9 Å². The van der Waals surface area contributed by atoms with Crippen LogP contribution in [0.5, 0.6) is 11.5 Å². The van der Waals surface area contributed by atoms with E-state index >= 15 is 0 Å². The summed E-state index contributed by atoms with van der Waals surface area (Å²) in [6.07, 6.45) is 0.973. The zero-order valence-corrected chi connectivity index (χ0v) is 16.5. The number of carbonyl (C=O) groups excluding carboxylic acids is 2. The lowest BCUT2D eigenvalue weighted by atomic mass is 10.0. The number of anilines is 1. The first-order chi connectivity index (χ1) is 13.4. The van der Waals surface area contributed by atoms with E-state index < -0.39 is 5.60 Å². The Morgan fingerprint density at radius 1 is 1.14 bits per heavy atom. The molecule has 1 aliphatic rings. The highest BCUT2D eigenvalue weighted by molar-refractivity contribution is 6.02. The first kappa shape index (κ1) is 19.7. The largest absolute Gasteiger partial charge is 0.497 e. The molecule has 6 nitrogen and oxygen atoms in total. The SMILES string of the molecule is COc1ccc(CCNC(=O)CCN2C(=O)C(C)(C)Oc3ccccc32)cc1. The van der Waals surface area contributed by atoms with Crippen molar-refractivity contribution in [3.05, 3.63) is 54.1 Å². The van der Waals surface area contributed by atoms with Crippen molar-refractivity contribution in [2.45, 2.75) is 32.3 Å². The summed E-state index contributed by atoms with van der Waals surface area (Å²) in [7, 11) is 1.63. The molecule has 1 N–H and O–H groups in total. The summed E-state index contributed by atoms with van der Waals surface area (Å²) in [5.41, 5.74) is 0.886. The van der Waals surface area contributed by atoms with Crippen LogP contribution in [0.3, 0.4) is 0 Å². The Hall–Kier alpha value is -3.02. The minimum Gasteiger partial charge on any atom is -0.497 e. The van der Waals surface area contributed by atoms with Gasteiger partial charge in [0.15, 0.2) is 5.60 Å². The summed E-state index contributed by atoms with van der Waals surface area (Å²) in [5.74, 6) is 1.25. The number of para-hydroxylation sites is 2. The molecule has 148 valence electrons. The molecule has 2 aromatic rings. The maximum absolute atomic E-state index is 12.7. The number of hydrogen-bond acceptors (Lipinski definition) is 4. The Balaban J connectivity index is 1.53. The molecule has 0 radical (unpaired) electrons. The standard InChI is InChI=1S/C22H26N2O4/c1-22(2)21(26)24(18-6-4-5-7-19(18)28-22)15-13-20(25)23-14-12-16-8-10-17(27-3)11-9-16/h4-11H,12-15H2,1-3H3,(H,23,25). The Bertz CT molecular complexity index is 846. The van der Waals surface area contributed by atoms with Crippen LogP contribution < -0.4 is 19.7 Å². The average Bonchev–Trinajstić information content (AvgIpc) is 2.68. The summed E-state index contributed by atoms with van der Waals surface area (Å²) in [5, 5.41) is 2.92. The van der Waals surface area contributed by atoms with E-state index in [0.29, 0.717) is 24.5 Å². The molecule has 0 aromatic heterocycles. The zero-order chi connectivity index (χ0) is 20.1. The van der Waals surface area contributed by atoms with Crippen molar-refractivity contribution in [1.82, 2.24) is 5.32 Å². The van der Waals surface area contributed by atoms with Gasteiger partial charge in [0.2, 0.25) is 5.91 Å². The van der Waals surface area contributed by atoms with Crippen LogP contribution in [-0.2, 0) is 16.0 Å². The Labute approximate surface area is 165 Å². The summed E-state index contributed by atoms with van der Waals surface area (Å²) >= 11 is 0. The molecule has 3 rings (SSSR count). The van der Waals surface area contributed by atoms with E-state index in [-0.39, 0.29) is 18.2 Å². The highest BCUT2D eigenvalue weighted by Gasteiger charge is 2.40. The predicted molar refractivity (Wildman–Crippen MR) is 108 cm³/mol. The number of nitrogens with one attached hydrogen (secondary N) is 1. The molecule has 0 aliphatic carbocycles. The summed E-state index contributed by atoms with van der Waals surface area (Å²) in [6.45, 7) is 4.35. The number of methoxy groups -OCH3 is 1. The predicted octanol–water partition coefficient (Wildman–Crippen LogP) is 2.95. The van der Waals surface area contributed by atoms with E-state index in [1.165, 1.54) is 0 Å². The number of hydrogen-bond donors (Lipinski definition) is 1. The summed E-state index contributed by atoms with van der Waals surface area (Å²) in [6, 6.07) is 15.2. The third-order valence-electron chi connectivity index (χ3n) is 4.74. The van der Waals surface area contributed by atoms with Crippen molar-refractivity contribution in [2.24, 2.45) is 0 Å². The number of nitrogens with zero attached hydrogens (tertiary/aromatic N) is 1. The van der Waals surface area contributed by atoms with Crippen LogP contribution in [0.25, 0.3) is 0 Å². The normalized spacial score (nSPS) is 14.8. The second kappa shape index (κ2) is 8.33. The van der Waals surface area contributed by atoms with Crippen LogP contribution in [0.4, 0.5) is 5.69 Å². The first-order valence-corrected chi connectivity index (χ1v) is 9.40. The van der Waals surface area contributed by atoms with Crippen LogP contribution in [-0.4, -0.2) is 37.6 Å². The van der Waals surface area contributed by atoms with Gasteiger partial charge in [-0.2, -0.15) is 0 Å². The van der Waals surface area contributed by atoms with Gasteiger partial charge in [0.1, 0.15) is 11.5 Å². The highest BCUT2D eigenvalue weighted by Crippen LogP contribution is 2.37. The van der Waals surface area contributed by atoms with Gasteiger partial charge in [-0.1, -0.05) is 24.3 Å². The van der Waals surface area contributed by atoms with Gasteiger partial charge in [-0.15, -0.1) is 0 Å². The molecule has 0 unspecified atom stereocenters. The molecule has 0 saturated carbocycles. The van der Waals surface area contributed by atoms with Crippen molar-refractivity contribution >= 4 is 17.5 Å². The molecule has 28 heavy (non-hydrogen) atoms. The molecule has 0 spiro atoms. The molecule has 0 bridgehead atoms. The quantitative estimate of drug-likeness (QED) is 0.799. The number of carbonyl (C=O) groups is 2. The van der Waals surface area contributed by atoms with Crippen molar-refractivity contribution in [3.63, 3.8) is 0 Å². The molecule has 0 fully saturated rings. The van der Waals surface area contributed by atoms with Crippen molar-refractivity contribution < 1.29 is 19.1 Å². The number of rotatable bonds is 7. The Morgan fingerprint density at radius 2 is 1.86 bits per heavy atom. The maximum Gasteiger partial charge on any atom is 0.270 e. The Morgan fingerprint density at radius 3 is 2.57 bits per heavy atom. The molecule has 1 aliphatic heterocycles. The van der Waals surface area contributed by atoms with Gasteiger partial charge in [-0.05, 0) is 50.1 Å². The maximum atomic E-state index is 12.7. The van der Waals surface area contributed by atoms with Crippen molar-refractivity contribution in [2.75, 3.05) is 25.1 Å². The van der Waals surface area contributed by atoms with E-state index in [2.05, 4.69) is 5.32 Å². The van der Waals surface area contributed by atoms with Crippen LogP contribution >= 0.6 is 0 Å². The van der Waals surface area contributed by atoms with Gasteiger partial charge in [0.05, 0.1) is 12.8 Å². The number of ether oxygens (including phenoxy) is 2. The van der Waals surface area contributed by atoms with Gasteiger partial charge in [0.25, 0.3) is 5.91 Å². The number of fused-ring (bicyclic) bond motifs is 1. The van der Waals surface area contributed by atoms with E-state index in [1.807, 2.05) is 48.5 Å². The molecular weight excluding hydrogens is 356 g/mol. The fourth-order valence-electron chi connectivity index (χ4n) is 3.18. The van der Waals surface area contributed by atoms with Crippen LogP contribution in [0, 0.1) is 0 Å². The topological polar surface area (TPSA) is 67.9 Å². The molecule has 2 amide bonds. The van der Waals surface area contributed by atoms with Gasteiger partial charge < -0.3 is 19.7 Å². The average molecular weight is 382 g/mol. The van der Waals surface area contributed by atoms with Gasteiger partial charge in [0, 0.05) is 19.5 Å². The minimum atomic E-state index is -0.945. The zero-order valence-electron chi connectivity index (χ0n) is 16.5. The lowest BCUT2D eigenvalue weighted by molar-refractivity contribution is -0.132. The van der Waals surface area contributed by atoms with Crippen molar-refractivity contribution in [1.29, 1.82) is 0 Å². The third-order valence-corrected chi connectivity index (χ3v) is 4.74. The molecule has 0 atom stereocenters. The van der Waals surface area contributed by atoms with E-state index in [4.69, 9.17) is 9.47 Å². The van der Waals surface area contributed by atoms with Crippen LogP contribution in [0.1, 0.15) is 25.8 Å². The van der Waals surface area contributed by atoms with Crippen molar-refractivity contribution in [3.8, 4) is 11.5 Å². The van der Waals surface area contributed by atoms with Gasteiger partial charge in [-0.3, -0.25) is 9.59 Å². The minimum absolute atomic E-state index is 0.0805. The van der Waals surface area contributed by atoms with E-state index in [0.717, 1.165) is 17.7 Å². The summed E-state index contributed by atoms with van der Waals surface area (Å²) < 4.78 is 10.9. The molecule has 6 heteroatoms. The lowest BCUT2D eigenvalue weighted by Gasteiger charge is -2.38. The second-order valence-electron chi connectivity index (χ2n) is 7.23. The first-order valence-electron chi connectivity index (χ1n) is 9.40. The molecule has 0 saturated heterocycles. The Kier molecular flexibility index (Phi) is 5.87. The van der Waals surface area contributed by atoms with Gasteiger partial charge in [-0.25, -0.2) is 0 Å². The van der Waals surface area contributed by atoms with E-state index in [9.17, 15) is 9.59 Å². The fraction of sp³-hybridized carbons (Fsp3) is 0.364. The smallest absolute Gasteiger partial charge is 0.270 e. The molecule has 1 heterocycles. The number of benzene rings is 2. The highest BCUT2D eigenvalue weighted by atomic mass is 16.5. The second-order valence-corrected chi connectivity index (χ2v) is 7.23. The van der Waals surface area contributed by atoms with Crippen LogP contribution in [0.2, 0.25) is 0 Å². The fourth-order valence-corrected chi connectivity index (χ4v) is 3.18. The summed E-state index contributed by atoms with van der Waals surface area (Å²) in [4.78, 5) is 26.6. The monoisotopic (exact) mass is 382 g/mol. The van der Waals surface area contributed by atoms with Crippen LogP contribution in [0.15, 0.2) is 48.5 Å².